The Morgan fingerprint density at radius 3 is 2.35 bits per heavy atom. The van der Waals surface area contributed by atoms with Crippen LogP contribution in [0.3, 0.4) is 0 Å². The van der Waals surface area contributed by atoms with Crippen LogP contribution in [0, 0.1) is 0 Å². The number of hydrogen-bond acceptors (Lipinski definition) is 3. The van der Waals surface area contributed by atoms with Crippen molar-refractivity contribution in [1.82, 2.24) is 5.01 Å². The Morgan fingerprint density at radius 2 is 1.87 bits per heavy atom. The van der Waals surface area contributed by atoms with Crippen LogP contribution in [0.2, 0.25) is 5.02 Å². The lowest BCUT2D eigenvalue weighted by Gasteiger charge is -2.32. The number of halogens is 7. The molecular weight excluding hydrogens is 354 g/mol. The zero-order chi connectivity index (χ0) is 17.6. The van der Waals surface area contributed by atoms with E-state index in [1.807, 2.05) is 0 Å². The highest BCUT2D eigenvalue weighted by atomic mass is 35.5. The van der Waals surface area contributed by atoms with Gasteiger partial charge in [-0.3, -0.25) is 4.79 Å². The molecule has 0 bridgehead atoms. The molecule has 1 heterocycles. The number of hydrazone groups is 1. The number of rotatable bonds is 1. The minimum absolute atomic E-state index is 0.0226. The number of aliphatic hydroxyl groups is 1. The Labute approximate surface area is 129 Å². The van der Waals surface area contributed by atoms with E-state index in [0.29, 0.717) is 0 Å². The molecule has 0 radical (unpaired) electrons. The summed E-state index contributed by atoms with van der Waals surface area (Å²) in [5, 5.41) is 11.7. The number of alkyl halides is 6. The van der Waals surface area contributed by atoms with Crippen LogP contribution in [0.15, 0.2) is 29.4 Å². The summed E-state index contributed by atoms with van der Waals surface area (Å²) in [5.41, 5.74) is -6.45. The van der Waals surface area contributed by atoms with Gasteiger partial charge in [0, 0.05) is 10.6 Å². The lowest BCUT2D eigenvalue weighted by atomic mass is 10.1. The fourth-order valence-electron chi connectivity index (χ4n) is 1.88. The summed E-state index contributed by atoms with van der Waals surface area (Å²) < 4.78 is 76.9. The second-order valence-electron chi connectivity index (χ2n) is 4.66. The Hall–Kier alpha value is -1.81. The zero-order valence-corrected chi connectivity index (χ0v) is 11.7. The highest BCUT2D eigenvalue weighted by molar-refractivity contribution is 6.31. The summed E-state index contributed by atoms with van der Waals surface area (Å²) in [6.45, 7) is 0. The number of amides is 1. The molecule has 1 aliphatic heterocycles. The summed E-state index contributed by atoms with van der Waals surface area (Å²) in [4.78, 5) is 12.1. The Kier molecular flexibility index (Phi) is 4.10. The first-order valence-electron chi connectivity index (χ1n) is 5.90. The van der Waals surface area contributed by atoms with E-state index in [1.165, 1.54) is 12.1 Å². The summed E-state index contributed by atoms with van der Waals surface area (Å²) in [6, 6.07) is 4.50. The van der Waals surface area contributed by atoms with Crippen molar-refractivity contribution >= 4 is 23.2 Å². The van der Waals surface area contributed by atoms with Gasteiger partial charge in [-0.05, 0) is 18.2 Å². The van der Waals surface area contributed by atoms with Crippen molar-refractivity contribution in [1.29, 1.82) is 0 Å². The Morgan fingerprint density at radius 1 is 1.26 bits per heavy atom. The zero-order valence-electron chi connectivity index (χ0n) is 10.9. The van der Waals surface area contributed by atoms with Gasteiger partial charge in [0.1, 0.15) is 5.71 Å². The normalized spacial score (nSPS) is 22.3. The minimum Gasteiger partial charge on any atom is -0.362 e. The van der Waals surface area contributed by atoms with Crippen LogP contribution < -0.4 is 0 Å². The van der Waals surface area contributed by atoms with E-state index >= 15 is 0 Å². The van der Waals surface area contributed by atoms with Gasteiger partial charge in [0.25, 0.3) is 11.6 Å². The van der Waals surface area contributed by atoms with Gasteiger partial charge in [0.15, 0.2) is 0 Å². The van der Waals surface area contributed by atoms with Crippen LogP contribution in [0.25, 0.3) is 0 Å². The van der Waals surface area contributed by atoms with E-state index in [1.54, 1.807) is 0 Å². The topological polar surface area (TPSA) is 52.9 Å². The lowest BCUT2D eigenvalue weighted by molar-refractivity contribution is -0.297. The quantitative estimate of drug-likeness (QED) is 0.781. The predicted octanol–water partition coefficient (Wildman–Crippen LogP) is 3.36. The van der Waals surface area contributed by atoms with E-state index in [-0.39, 0.29) is 5.02 Å². The molecule has 1 N–H and O–H groups in total. The molecule has 4 nitrogen and oxygen atoms in total. The van der Waals surface area contributed by atoms with Crippen LogP contribution >= 0.6 is 11.6 Å². The summed E-state index contributed by atoms with van der Waals surface area (Å²) >= 11 is 5.59. The number of hydrogen-bond donors (Lipinski definition) is 1. The molecule has 0 saturated carbocycles. The molecule has 1 aromatic rings. The third-order valence-corrected chi connectivity index (χ3v) is 3.27. The van der Waals surface area contributed by atoms with Gasteiger partial charge in [-0.2, -0.15) is 36.5 Å². The maximum atomic E-state index is 13.0. The fourth-order valence-corrected chi connectivity index (χ4v) is 2.07. The molecule has 0 spiro atoms. The van der Waals surface area contributed by atoms with E-state index in [0.717, 1.165) is 12.1 Å². The SMILES string of the molecule is O=C(c1cccc(Cl)c1)N1N=C(C(F)(F)F)C[C@@]1(O)C(F)(F)F. The van der Waals surface area contributed by atoms with Gasteiger partial charge in [-0.1, -0.05) is 17.7 Å². The van der Waals surface area contributed by atoms with Crippen molar-refractivity contribution in [2.24, 2.45) is 5.10 Å². The fraction of sp³-hybridized carbons (Fsp3) is 0.333. The van der Waals surface area contributed by atoms with Gasteiger partial charge < -0.3 is 5.11 Å². The van der Waals surface area contributed by atoms with Crippen molar-refractivity contribution < 1.29 is 36.2 Å². The average Bonchev–Trinajstić information content (AvgIpc) is 2.77. The molecule has 0 unspecified atom stereocenters. The predicted molar refractivity (Wildman–Crippen MR) is 66.7 cm³/mol. The van der Waals surface area contributed by atoms with Gasteiger partial charge in [-0.15, -0.1) is 0 Å². The third kappa shape index (κ3) is 3.13. The van der Waals surface area contributed by atoms with Gasteiger partial charge in [0.2, 0.25) is 0 Å². The second kappa shape index (κ2) is 5.38. The van der Waals surface area contributed by atoms with Crippen LogP contribution in [-0.4, -0.2) is 39.8 Å². The standard InChI is InChI=1S/C12H7ClF6N2O2/c13-7-3-1-2-6(4-7)9(22)21-10(23,12(17,18)19)5-8(20-21)11(14,15)16/h1-4,23H,5H2/t10-/m1/s1. The average molecular weight is 361 g/mol. The molecule has 1 aromatic carbocycles. The van der Waals surface area contributed by atoms with Gasteiger partial charge in [-0.25, -0.2) is 0 Å². The summed E-state index contributed by atoms with van der Waals surface area (Å²) in [7, 11) is 0. The Balaban J connectivity index is 2.50. The van der Waals surface area contributed by atoms with Crippen molar-refractivity contribution in [3.05, 3.63) is 34.9 Å². The molecule has 0 aromatic heterocycles. The van der Waals surface area contributed by atoms with E-state index in [9.17, 15) is 36.2 Å². The van der Waals surface area contributed by atoms with Crippen LogP contribution in [0.1, 0.15) is 16.8 Å². The molecule has 1 atom stereocenters. The molecule has 1 aliphatic rings. The largest absolute Gasteiger partial charge is 0.438 e. The minimum atomic E-state index is -5.54. The highest BCUT2D eigenvalue weighted by Crippen LogP contribution is 2.43. The summed E-state index contributed by atoms with van der Waals surface area (Å²) in [5.74, 6) is -1.56. The molecule has 23 heavy (non-hydrogen) atoms. The first-order chi connectivity index (χ1) is 10.4. The maximum absolute atomic E-state index is 13.0. The van der Waals surface area contributed by atoms with Crippen LogP contribution in [-0.2, 0) is 0 Å². The van der Waals surface area contributed by atoms with E-state index in [2.05, 4.69) is 5.10 Å². The first-order valence-corrected chi connectivity index (χ1v) is 6.28. The third-order valence-electron chi connectivity index (χ3n) is 3.03. The van der Waals surface area contributed by atoms with Crippen LogP contribution in [0.5, 0.6) is 0 Å². The number of carbonyl (C=O) groups is 1. The summed E-state index contributed by atoms with van der Waals surface area (Å²) in [6.07, 6.45) is -12.7. The maximum Gasteiger partial charge on any atom is 0.438 e. The molecule has 0 fully saturated rings. The van der Waals surface area contributed by atoms with Crippen molar-refractivity contribution in [2.75, 3.05) is 0 Å². The van der Waals surface area contributed by atoms with Gasteiger partial charge >= 0.3 is 12.4 Å². The van der Waals surface area contributed by atoms with Crippen LogP contribution in [0.4, 0.5) is 26.3 Å². The second-order valence-corrected chi connectivity index (χ2v) is 5.10. The number of nitrogens with zero attached hydrogens (tertiary/aromatic N) is 2. The van der Waals surface area contributed by atoms with Crippen molar-refractivity contribution in [3.8, 4) is 0 Å². The van der Waals surface area contributed by atoms with Crippen molar-refractivity contribution in [3.63, 3.8) is 0 Å². The van der Waals surface area contributed by atoms with Gasteiger partial charge in [0.05, 0.1) is 6.42 Å². The monoisotopic (exact) mass is 360 g/mol. The Bertz CT molecular complexity index is 672. The molecule has 0 saturated heterocycles. The molecule has 126 valence electrons. The molecule has 0 aliphatic carbocycles. The van der Waals surface area contributed by atoms with E-state index in [4.69, 9.17) is 11.6 Å². The molecule has 1 amide bonds. The molecular formula is C12H7ClF6N2O2. The number of carbonyl (C=O) groups excluding carboxylic acids is 1. The first kappa shape index (κ1) is 17.5. The highest BCUT2D eigenvalue weighted by Gasteiger charge is 2.66. The van der Waals surface area contributed by atoms with Crippen molar-refractivity contribution in [2.45, 2.75) is 24.5 Å². The van der Waals surface area contributed by atoms with E-state index < -0.39 is 46.7 Å². The molecule has 2 rings (SSSR count). The number of benzene rings is 1. The smallest absolute Gasteiger partial charge is 0.362 e. The molecule has 11 heteroatoms. The lowest BCUT2D eigenvalue weighted by Crippen LogP contribution is -2.56.